The van der Waals surface area contributed by atoms with Crippen molar-refractivity contribution in [3.8, 4) is 0 Å². The zero-order valence-corrected chi connectivity index (χ0v) is 10.9. The van der Waals surface area contributed by atoms with Gasteiger partial charge in [0.1, 0.15) is 11.5 Å². The Labute approximate surface area is 112 Å². The highest BCUT2D eigenvalue weighted by atomic mass is 16.3. The first-order chi connectivity index (χ1) is 9.33. The van der Waals surface area contributed by atoms with E-state index in [0.717, 1.165) is 24.6 Å². The molecular formula is C16H16N2O. The van der Waals surface area contributed by atoms with Crippen LogP contribution in [0.25, 0.3) is 10.8 Å². The molecule has 3 rings (SSSR count). The Kier molecular flexibility index (Phi) is 3.29. The van der Waals surface area contributed by atoms with Gasteiger partial charge in [0.15, 0.2) is 0 Å². The average molecular weight is 252 g/mol. The molecule has 19 heavy (non-hydrogen) atoms. The summed E-state index contributed by atoms with van der Waals surface area (Å²) >= 11 is 0. The Morgan fingerprint density at radius 2 is 2.05 bits per heavy atom. The number of nitrogens with zero attached hydrogens (tertiary/aromatic N) is 1. The molecule has 0 radical (unpaired) electrons. The number of rotatable bonds is 4. The summed E-state index contributed by atoms with van der Waals surface area (Å²) in [5.41, 5.74) is 1.28. The Hall–Kier alpha value is -2.13. The van der Waals surface area contributed by atoms with E-state index in [2.05, 4.69) is 34.6 Å². The summed E-state index contributed by atoms with van der Waals surface area (Å²) in [5, 5.41) is 5.84. The number of aromatic nitrogens is 1. The van der Waals surface area contributed by atoms with Crippen molar-refractivity contribution in [3.05, 3.63) is 65.9 Å². The number of pyridine rings is 1. The molecule has 0 atom stereocenters. The number of hydrogen-bond donors (Lipinski definition) is 1. The minimum atomic E-state index is 0.745. The van der Waals surface area contributed by atoms with Crippen LogP contribution in [0.2, 0.25) is 0 Å². The molecule has 2 aromatic heterocycles. The molecule has 0 spiro atoms. The lowest BCUT2D eigenvalue weighted by Gasteiger charge is -2.07. The lowest BCUT2D eigenvalue weighted by Crippen LogP contribution is -2.12. The highest BCUT2D eigenvalue weighted by Crippen LogP contribution is 2.17. The average Bonchev–Trinajstić information content (AvgIpc) is 2.85. The molecule has 0 saturated heterocycles. The lowest BCUT2D eigenvalue weighted by molar-refractivity contribution is 0.462. The third kappa shape index (κ3) is 2.66. The van der Waals surface area contributed by atoms with Crippen molar-refractivity contribution >= 4 is 10.8 Å². The van der Waals surface area contributed by atoms with E-state index in [4.69, 9.17) is 4.42 Å². The Balaban J connectivity index is 1.71. The molecule has 0 amide bonds. The summed E-state index contributed by atoms with van der Waals surface area (Å²) in [6.45, 7) is 3.53. The summed E-state index contributed by atoms with van der Waals surface area (Å²) in [5.74, 6) is 1.92. The third-order valence-corrected chi connectivity index (χ3v) is 3.18. The number of nitrogens with one attached hydrogen (secondary N) is 1. The van der Waals surface area contributed by atoms with E-state index in [1.807, 2.05) is 31.5 Å². The van der Waals surface area contributed by atoms with Crippen LogP contribution in [0.1, 0.15) is 17.1 Å². The summed E-state index contributed by atoms with van der Waals surface area (Å²) in [6.07, 6.45) is 3.73. The van der Waals surface area contributed by atoms with Crippen LogP contribution < -0.4 is 5.32 Å². The van der Waals surface area contributed by atoms with Gasteiger partial charge in [-0.25, -0.2) is 0 Å². The Morgan fingerprint density at radius 1 is 1.11 bits per heavy atom. The molecule has 3 heteroatoms. The van der Waals surface area contributed by atoms with E-state index in [1.54, 1.807) is 0 Å². The van der Waals surface area contributed by atoms with Crippen LogP contribution in [-0.2, 0) is 13.1 Å². The molecule has 3 nitrogen and oxygen atoms in total. The third-order valence-electron chi connectivity index (χ3n) is 3.18. The Morgan fingerprint density at radius 3 is 2.89 bits per heavy atom. The maximum absolute atomic E-state index is 5.54. The molecule has 0 aliphatic heterocycles. The van der Waals surface area contributed by atoms with Crippen molar-refractivity contribution in [2.24, 2.45) is 0 Å². The summed E-state index contributed by atoms with van der Waals surface area (Å²) in [6, 6.07) is 12.3. The fourth-order valence-electron chi connectivity index (χ4n) is 2.24. The van der Waals surface area contributed by atoms with Crippen molar-refractivity contribution in [1.82, 2.24) is 10.3 Å². The molecule has 0 saturated carbocycles. The minimum absolute atomic E-state index is 0.745. The molecule has 2 heterocycles. The van der Waals surface area contributed by atoms with Gasteiger partial charge in [-0.1, -0.05) is 18.2 Å². The molecule has 0 aliphatic rings. The van der Waals surface area contributed by atoms with Crippen molar-refractivity contribution in [3.63, 3.8) is 0 Å². The van der Waals surface area contributed by atoms with E-state index in [1.165, 1.54) is 16.3 Å². The van der Waals surface area contributed by atoms with Crippen LogP contribution in [0.5, 0.6) is 0 Å². The second kappa shape index (κ2) is 5.24. The number of aryl methyl sites for hydroxylation is 1. The fourth-order valence-corrected chi connectivity index (χ4v) is 2.24. The fraction of sp³-hybridized carbons (Fsp3) is 0.188. The largest absolute Gasteiger partial charge is 0.465 e. The zero-order chi connectivity index (χ0) is 13.1. The van der Waals surface area contributed by atoms with Crippen LogP contribution in [0.3, 0.4) is 0 Å². The second-order valence-electron chi connectivity index (χ2n) is 4.63. The molecule has 3 aromatic rings. The summed E-state index contributed by atoms with van der Waals surface area (Å²) in [4.78, 5) is 4.15. The first-order valence-corrected chi connectivity index (χ1v) is 6.40. The van der Waals surface area contributed by atoms with Gasteiger partial charge < -0.3 is 9.73 Å². The normalized spacial score (nSPS) is 11.0. The lowest BCUT2D eigenvalue weighted by atomic mass is 10.1. The molecular weight excluding hydrogens is 236 g/mol. The highest BCUT2D eigenvalue weighted by Gasteiger charge is 2.01. The van der Waals surface area contributed by atoms with Gasteiger partial charge in [0.05, 0.1) is 6.54 Å². The standard InChI is InChI=1S/C16H16N2O/c1-12-5-6-15(19-12)11-18-10-14-4-2-3-13-9-17-8-7-16(13)14/h2-9,18H,10-11H2,1H3. The topological polar surface area (TPSA) is 38.1 Å². The molecule has 1 N–H and O–H groups in total. The van der Waals surface area contributed by atoms with Crippen LogP contribution in [0, 0.1) is 6.92 Å². The Bertz CT molecular complexity index is 683. The molecule has 1 aromatic carbocycles. The van der Waals surface area contributed by atoms with E-state index < -0.39 is 0 Å². The van der Waals surface area contributed by atoms with Crippen LogP contribution in [-0.4, -0.2) is 4.98 Å². The maximum atomic E-state index is 5.54. The molecule has 0 bridgehead atoms. The number of benzene rings is 1. The number of fused-ring (bicyclic) bond motifs is 1. The molecule has 0 fully saturated rings. The van der Waals surface area contributed by atoms with Crippen LogP contribution in [0.15, 0.2) is 53.2 Å². The smallest absolute Gasteiger partial charge is 0.117 e. The van der Waals surface area contributed by atoms with Gasteiger partial charge in [0.25, 0.3) is 0 Å². The first-order valence-electron chi connectivity index (χ1n) is 6.40. The van der Waals surface area contributed by atoms with Crippen molar-refractivity contribution < 1.29 is 4.42 Å². The summed E-state index contributed by atoms with van der Waals surface area (Å²) in [7, 11) is 0. The van der Waals surface area contributed by atoms with Gasteiger partial charge in [0, 0.05) is 24.3 Å². The minimum Gasteiger partial charge on any atom is -0.465 e. The van der Waals surface area contributed by atoms with Crippen LogP contribution >= 0.6 is 0 Å². The maximum Gasteiger partial charge on any atom is 0.117 e. The van der Waals surface area contributed by atoms with Crippen molar-refractivity contribution in [2.75, 3.05) is 0 Å². The number of furan rings is 1. The van der Waals surface area contributed by atoms with Crippen LogP contribution in [0.4, 0.5) is 0 Å². The van der Waals surface area contributed by atoms with Crippen molar-refractivity contribution in [1.29, 1.82) is 0 Å². The predicted molar refractivity (Wildman–Crippen MR) is 75.7 cm³/mol. The monoisotopic (exact) mass is 252 g/mol. The SMILES string of the molecule is Cc1ccc(CNCc2cccc3cnccc23)o1. The van der Waals surface area contributed by atoms with E-state index in [9.17, 15) is 0 Å². The van der Waals surface area contributed by atoms with Gasteiger partial charge in [-0.2, -0.15) is 0 Å². The predicted octanol–water partition coefficient (Wildman–Crippen LogP) is 3.43. The van der Waals surface area contributed by atoms with Gasteiger partial charge >= 0.3 is 0 Å². The summed E-state index contributed by atoms with van der Waals surface area (Å²) < 4.78 is 5.54. The van der Waals surface area contributed by atoms with E-state index >= 15 is 0 Å². The second-order valence-corrected chi connectivity index (χ2v) is 4.63. The van der Waals surface area contributed by atoms with Gasteiger partial charge in [-0.3, -0.25) is 4.98 Å². The zero-order valence-electron chi connectivity index (χ0n) is 10.9. The number of hydrogen-bond acceptors (Lipinski definition) is 3. The highest BCUT2D eigenvalue weighted by molar-refractivity contribution is 5.84. The molecule has 0 aliphatic carbocycles. The van der Waals surface area contributed by atoms with E-state index in [-0.39, 0.29) is 0 Å². The van der Waals surface area contributed by atoms with Gasteiger partial charge in [0.2, 0.25) is 0 Å². The first kappa shape index (κ1) is 11.9. The molecule has 96 valence electrons. The quantitative estimate of drug-likeness (QED) is 0.773. The van der Waals surface area contributed by atoms with E-state index in [0.29, 0.717) is 0 Å². The molecule has 0 unspecified atom stereocenters. The van der Waals surface area contributed by atoms with Crippen molar-refractivity contribution in [2.45, 2.75) is 20.0 Å². The van der Waals surface area contributed by atoms with Gasteiger partial charge in [-0.15, -0.1) is 0 Å². The van der Waals surface area contributed by atoms with Gasteiger partial charge in [-0.05, 0) is 36.1 Å².